The van der Waals surface area contributed by atoms with E-state index in [9.17, 15) is 9.59 Å². The van der Waals surface area contributed by atoms with Gasteiger partial charge in [-0.15, -0.1) is 0 Å². The van der Waals surface area contributed by atoms with Gasteiger partial charge in [-0.05, 0) is 5.92 Å². The Morgan fingerprint density at radius 2 is 1.53 bits per heavy atom. The summed E-state index contributed by atoms with van der Waals surface area (Å²) in [6.45, 7) is 3.05. The van der Waals surface area contributed by atoms with Crippen LogP contribution in [0.15, 0.2) is 0 Å². The molecule has 0 aromatic heterocycles. The van der Waals surface area contributed by atoms with E-state index in [1.54, 1.807) is 13.8 Å². The van der Waals surface area contributed by atoms with Crippen LogP contribution in [0.5, 0.6) is 0 Å². The first-order valence-electron chi connectivity index (χ1n) is 4.31. The first-order valence-corrected chi connectivity index (χ1v) is 4.31. The summed E-state index contributed by atoms with van der Waals surface area (Å²) in [6, 6.07) is -1.84. The standard InChI is InChI=1S/C5H11NO2.C3H7NO3/c1-3(2)4(6)5(7)8;4-2(1-5)3(6)7/h3-4H,6H2,1-2H3,(H,7,8);2,5H,1,4H2,(H,6,7)/t4-;2-/m00/s1. The minimum Gasteiger partial charge on any atom is -0.480 e. The van der Waals surface area contributed by atoms with Crippen LogP contribution < -0.4 is 11.5 Å². The first kappa shape index (κ1) is 16.3. The van der Waals surface area contributed by atoms with Crippen LogP contribution >= 0.6 is 0 Å². The molecule has 7 nitrogen and oxygen atoms in total. The Hall–Kier alpha value is -1.18. The van der Waals surface area contributed by atoms with Gasteiger partial charge in [-0.2, -0.15) is 0 Å². The van der Waals surface area contributed by atoms with Crippen LogP contribution in [0.4, 0.5) is 0 Å². The van der Waals surface area contributed by atoms with Gasteiger partial charge < -0.3 is 26.8 Å². The molecule has 0 spiro atoms. The molecule has 0 saturated heterocycles. The van der Waals surface area contributed by atoms with Gasteiger partial charge >= 0.3 is 11.9 Å². The van der Waals surface area contributed by atoms with Crippen LogP contribution in [-0.4, -0.2) is 45.9 Å². The average Bonchev–Trinajstić information content (AvgIpc) is 2.15. The Balaban J connectivity index is 0. The van der Waals surface area contributed by atoms with Gasteiger partial charge in [-0.1, -0.05) is 13.8 Å². The van der Waals surface area contributed by atoms with Crippen molar-refractivity contribution in [2.75, 3.05) is 6.61 Å². The highest BCUT2D eigenvalue weighted by molar-refractivity contribution is 5.73. The van der Waals surface area contributed by atoms with E-state index in [1.807, 2.05) is 0 Å². The molecule has 0 radical (unpaired) electrons. The molecule has 0 aliphatic heterocycles. The van der Waals surface area contributed by atoms with Gasteiger partial charge in [0.15, 0.2) is 0 Å². The molecule has 0 unspecified atom stereocenters. The quantitative estimate of drug-likeness (QED) is 0.386. The lowest BCUT2D eigenvalue weighted by atomic mass is 10.1. The number of nitrogens with two attached hydrogens (primary N) is 2. The SMILES string of the molecule is CC(C)[C@H](N)C(=O)O.N[C@@H](CO)C(=O)O. The Morgan fingerprint density at radius 3 is 1.53 bits per heavy atom. The van der Waals surface area contributed by atoms with Gasteiger partial charge in [0.25, 0.3) is 0 Å². The fourth-order valence-electron chi connectivity index (χ4n) is 0.363. The largest absolute Gasteiger partial charge is 0.480 e. The third-order valence-corrected chi connectivity index (χ3v) is 1.52. The van der Waals surface area contributed by atoms with Crippen molar-refractivity contribution in [2.24, 2.45) is 17.4 Å². The first-order chi connectivity index (χ1) is 6.73. The minimum atomic E-state index is -1.18. The van der Waals surface area contributed by atoms with Crippen LogP contribution in [0.2, 0.25) is 0 Å². The van der Waals surface area contributed by atoms with Crippen molar-refractivity contribution >= 4 is 11.9 Å². The maximum atomic E-state index is 10.0. The van der Waals surface area contributed by atoms with Gasteiger partial charge in [0.2, 0.25) is 0 Å². The molecule has 0 bridgehead atoms. The molecule has 7 heteroatoms. The van der Waals surface area contributed by atoms with E-state index in [-0.39, 0.29) is 5.92 Å². The minimum absolute atomic E-state index is 0.0208. The molecule has 2 atom stereocenters. The maximum Gasteiger partial charge on any atom is 0.322 e. The van der Waals surface area contributed by atoms with E-state index in [2.05, 4.69) is 0 Å². The van der Waals surface area contributed by atoms with Gasteiger partial charge in [0.05, 0.1) is 6.61 Å². The zero-order chi connectivity index (χ0) is 12.6. The number of hydrogen-bond donors (Lipinski definition) is 5. The number of aliphatic hydroxyl groups is 1. The molecule has 15 heavy (non-hydrogen) atoms. The van der Waals surface area contributed by atoms with Crippen molar-refractivity contribution in [3.63, 3.8) is 0 Å². The molecular weight excluding hydrogens is 204 g/mol. The van der Waals surface area contributed by atoms with E-state index in [4.69, 9.17) is 26.8 Å². The van der Waals surface area contributed by atoms with Crippen LogP contribution in [0.1, 0.15) is 13.8 Å². The Morgan fingerprint density at radius 1 is 1.13 bits per heavy atom. The lowest BCUT2D eigenvalue weighted by Gasteiger charge is -2.07. The Kier molecular flexibility index (Phi) is 8.84. The van der Waals surface area contributed by atoms with E-state index in [0.717, 1.165) is 0 Å². The number of rotatable bonds is 4. The summed E-state index contributed by atoms with van der Waals surface area (Å²) in [6.07, 6.45) is 0. The summed E-state index contributed by atoms with van der Waals surface area (Å²) in [5.41, 5.74) is 9.93. The average molecular weight is 222 g/mol. The Labute approximate surface area is 87.7 Å². The van der Waals surface area contributed by atoms with Gasteiger partial charge in [0.1, 0.15) is 12.1 Å². The highest BCUT2D eigenvalue weighted by Gasteiger charge is 2.14. The molecule has 90 valence electrons. The summed E-state index contributed by atoms with van der Waals surface area (Å²) >= 11 is 0. The summed E-state index contributed by atoms with van der Waals surface area (Å²) in [7, 11) is 0. The molecule has 0 aliphatic rings. The molecule has 0 heterocycles. The highest BCUT2D eigenvalue weighted by Crippen LogP contribution is 1.96. The second-order valence-electron chi connectivity index (χ2n) is 3.24. The molecule has 0 aliphatic carbocycles. The molecule has 0 aromatic carbocycles. The fraction of sp³-hybridized carbons (Fsp3) is 0.750. The number of carbonyl (C=O) groups is 2. The zero-order valence-corrected chi connectivity index (χ0v) is 8.75. The van der Waals surface area contributed by atoms with Crippen molar-refractivity contribution in [3.8, 4) is 0 Å². The van der Waals surface area contributed by atoms with Crippen molar-refractivity contribution in [1.82, 2.24) is 0 Å². The second kappa shape index (κ2) is 8.16. The van der Waals surface area contributed by atoms with Crippen molar-refractivity contribution < 1.29 is 24.9 Å². The highest BCUT2D eigenvalue weighted by atomic mass is 16.4. The molecule has 0 aromatic rings. The van der Waals surface area contributed by atoms with Crippen LogP contribution in [0, 0.1) is 5.92 Å². The molecule has 0 amide bonds. The predicted molar refractivity (Wildman–Crippen MR) is 53.1 cm³/mol. The summed E-state index contributed by atoms with van der Waals surface area (Å²) in [4.78, 5) is 19.7. The van der Waals surface area contributed by atoms with Crippen LogP contribution in [0.25, 0.3) is 0 Å². The molecule has 7 N–H and O–H groups in total. The number of carboxylic acid groups (broad SMARTS) is 2. The van der Waals surface area contributed by atoms with Crippen molar-refractivity contribution in [1.29, 1.82) is 0 Å². The van der Waals surface area contributed by atoms with Crippen LogP contribution in [-0.2, 0) is 9.59 Å². The number of carboxylic acids is 2. The molecule has 0 rings (SSSR count). The Bertz CT molecular complexity index is 207. The third kappa shape index (κ3) is 9.13. The summed E-state index contributed by atoms with van der Waals surface area (Å²) < 4.78 is 0. The van der Waals surface area contributed by atoms with Gasteiger partial charge in [0, 0.05) is 0 Å². The van der Waals surface area contributed by atoms with E-state index in [1.165, 1.54) is 0 Å². The predicted octanol–water partition coefficient (Wildman–Crippen LogP) is -1.56. The zero-order valence-electron chi connectivity index (χ0n) is 8.75. The second-order valence-corrected chi connectivity index (χ2v) is 3.24. The maximum absolute atomic E-state index is 10.0. The number of hydrogen-bond acceptors (Lipinski definition) is 5. The van der Waals surface area contributed by atoms with Gasteiger partial charge in [-0.25, -0.2) is 0 Å². The molecular formula is C8H18N2O5. The number of aliphatic carboxylic acids is 2. The lowest BCUT2D eigenvalue weighted by Crippen LogP contribution is -2.34. The smallest absolute Gasteiger partial charge is 0.322 e. The molecule has 0 saturated carbocycles. The van der Waals surface area contributed by atoms with E-state index < -0.39 is 30.6 Å². The normalized spacial score (nSPS) is 13.7. The van der Waals surface area contributed by atoms with Crippen molar-refractivity contribution in [2.45, 2.75) is 25.9 Å². The third-order valence-electron chi connectivity index (χ3n) is 1.52. The van der Waals surface area contributed by atoms with Gasteiger partial charge in [-0.3, -0.25) is 9.59 Å². The van der Waals surface area contributed by atoms with Crippen LogP contribution in [0.3, 0.4) is 0 Å². The summed E-state index contributed by atoms with van der Waals surface area (Å²) in [5.74, 6) is -2.09. The van der Waals surface area contributed by atoms with E-state index >= 15 is 0 Å². The fourth-order valence-corrected chi connectivity index (χ4v) is 0.363. The summed E-state index contributed by atoms with van der Waals surface area (Å²) in [5, 5.41) is 24.1. The lowest BCUT2D eigenvalue weighted by molar-refractivity contribution is -0.140. The van der Waals surface area contributed by atoms with Crippen molar-refractivity contribution in [3.05, 3.63) is 0 Å². The van der Waals surface area contributed by atoms with E-state index in [0.29, 0.717) is 0 Å². The monoisotopic (exact) mass is 222 g/mol. The molecule has 0 fully saturated rings. The topological polar surface area (TPSA) is 147 Å². The number of aliphatic hydroxyl groups excluding tert-OH is 1.